The van der Waals surface area contributed by atoms with Crippen LogP contribution in [-0.2, 0) is 12.7 Å². The lowest BCUT2D eigenvalue weighted by Gasteiger charge is -2.01. The van der Waals surface area contributed by atoms with Crippen molar-refractivity contribution in [3.05, 3.63) is 15.6 Å². The average molecular weight is 262 g/mol. The second kappa shape index (κ2) is 3.95. The first-order valence-corrected chi connectivity index (χ1v) is 6.66. The van der Waals surface area contributed by atoms with Crippen LogP contribution in [0.15, 0.2) is 0 Å². The maximum Gasteiger partial charge on any atom is 0.443 e. The molecule has 1 heterocycles. The monoisotopic (exact) mass is 262 g/mol. The molecular weight excluding hydrogens is 249 g/mol. The highest BCUT2D eigenvalue weighted by Gasteiger charge is 2.39. The van der Waals surface area contributed by atoms with Gasteiger partial charge in [0.1, 0.15) is 0 Å². The molecule has 0 saturated heterocycles. The summed E-state index contributed by atoms with van der Waals surface area (Å²) in [5, 5.41) is 2.58. The molecule has 6 heteroatoms. The second-order valence-corrected chi connectivity index (χ2v) is 5.84. The van der Waals surface area contributed by atoms with Crippen molar-refractivity contribution >= 4 is 11.3 Å². The summed E-state index contributed by atoms with van der Waals surface area (Å²) >= 11 is 0.806. The van der Waals surface area contributed by atoms with Gasteiger partial charge in [0, 0.05) is 23.4 Å². The van der Waals surface area contributed by atoms with Crippen LogP contribution in [0.25, 0.3) is 0 Å². The first-order valence-electron chi connectivity index (χ1n) is 5.84. The van der Waals surface area contributed by atoms with Gasteiger partial charge in [0.2, 0.25) is 0 Å². The maximum absolute atomic E-state index is 12.6. The number of hydrogen-bond donors (Lipinski definition) is 1. The molecule has 0 aliphatic heterocycles. The maximum atomic E-state index is 12.6. The van der Waals surface area contributed by atoms with Crippen LogP contribution in [-0.4, -0.2) is 11.0 Å². The lowest BCUT2D eigenvalue weighted by molar-refractivity contribution is -0.137. The molecule has 2 fully saturated rings. The normalized spacial score (nSPS) is 20.9. The summed E-state index contributed by atoms with van der Waals surface area (Å²) in [6, 6.07) is 0.512. The second-order valence-electron chi connectivity index (χ2n) is 4.75. The smallest absolute Gasteiger partial charge is 0.309 e. The minimum Gasteiger partial charge on any atom is -0.309 e. The number of nitrogens with zero attached hydrogens (tertiary/aromatic N) is 1. The van der Waals surface area contributed by atoms with Gasteiger partial charge in [-0.1, -0.05) is 0 Å². The molecule has 0 bridgehead atoms. The van der Waals surface area contributed by atoms with Gasteiger partial charge >= 0.3 is 6.18 Å². The third-order valence-electron chi connectivity index (χ3n) is 3.06. The van der Waals surface area contributed by atoms with E-state index in [0.29, 0.717) is 18.3 Å². The van der Waals surface area contributed by atoms with E-state index in [0.717, 1.165) is 41.9 Å². The van der Waals surface area contributed by atoms with Crippen molar-refractivity contribution in [2.75, 3.05) is 0 Å². The number of alkyl halides is 3. The van der Waals surface area contributed by atoms with Crippen molar-refractivity contribution in [1.29, 1.82) is 0 Å². The average Bonchev–Trinajstić information content (AvgIpc) is 3.13. The van der Waals surface area contributed by atoms with Crippen LogP contribution >= 0.6 is 11.3 Å². The van der Waals surface area contributed by atoms with Crippen molar-refractivity contribution in [2.24, 2.45) is 0 Å². The highest BCUT2D eigenvalue weighted by molar-refractivity contribution is 7.11. The third kappa shape index (κ3) is 2.63. The summed E-state index contributed by atoms with van der Waals surface area (Å²) in [7, 11) is 0. The van der Waals surface area contributed by atoms with Gasteiger partial charge < -0.3 is 5.32 Å². The van der Waals surface area contributed by atoms with Crippen LogP contribution in [0, 0.1) is 0 Å². The fourth-order valence-electron chi connectivity index (χ4n) is 1.81. The van der Waals surface area contributed by atoms with Crippen LogP contribution < -0.4 is 5.32 Å². The number of hydrogen-bond acceptors (Lipinski definition) is 3. The zero-order chi connectivity index (χ0) is 12.0. The van der Waals surface area contributed by atoms with Crippen LogP contribution in [0.3, 0.4) is 0 Å². The van der Waals surface area contributed by atoms with Gasteiger partial charge in [-0.3, -0.25) is 0 Å². The Hall–Kier alpha value is -0.620. The summed E-state index contributed by atoms with van der Waals surface area (Å²) in [5.74, 6) is 0.276. The lowest BCUT2D eigenvalue weighted by Crippen LogP contribution is -2.15. The molecule has 94 valence electrons. The first kappa shape index (κ1) is 11.5. The topological polar surface area (TPSA) is 24.9 Å². The molecule has 2 aliphatic carbocycles. The van der Waals surface area contributed by atoms with Crippen molar-refractivity contribution in [2.45, 2.75) is 50.4 Å². The van der Waals surface area contributed by atoms with E-state index in [2.05, 4.69) is 10.3 Å². The summed E-state index contributed by atoms with van der Waals surface area (Å²) in [4.78, 5) is 4.58. The van der Waals surface area contributed by atoms with E-state index < -0.39 is 11.2 Å². The van der Waals surface area contributed by atoms with Crippen molar-refractivity contribution in [3.63, 3.8) is 0 Å². The molecule has 1 N–H and O–H groups in total. The Bertz CT molecular complexity index is 419. The summed E-state index contributed by atoms with van der Waals surface area (Å²) in [5.41, 5.74) is 0.690. The molecule has 2 saturated carbocycles. The number of rotatable bonds is 4. The molecule has 2 aliphatic rings. The highest BCUT2D eigenvalue weighted by Crippen LogP contribution is 2.45. The molecule has 1 aromatic rings. The van der Waals surface area contributed by atoms with Gasteiger partial charge in [0.25, 0.3) is 0 Å². The molecular formula is C11H13F3N2S. The van der Waals surface area contributed by atoms with Gasteiger partial charge in [-0.05, 0) is 25.7 Å². The standard InChI is InChI=1S/C11H13F3N2S/c12-11(13,14)10-16-9(6-1-2-6)8(17-10)5-15-7-3-4-7/h6-7,15H,1-5H2. The predicted molar refractivity (Wildman–Crippen MR) is 59.0 cm³/mol. The van der Waals surface area contributed by atoms with E-state index >= 15 is 0 Å². The van der Waals surface area contributed by atoms with Gasteiger partial charge in [-0.15, -0.1) is 11.3 Å². The number of thiazole rings is 1. The lowest BCUT2D eigenvalue weighted by atomic mass is 10.2. The molecule has 0 unspecified atom stereocenters. The van der Waals surface area contributed by atoms with Gasteiger partial charge in [0.05, 0.1) is 5.69 Å². The van der Waals surface area contributed by atoms with Crippen molar-refractivity contribution in [3.8, 4) is 0 Å². The van der Waals surface area contributed by atoms with E-state index in [9.17, 15) is 13.2 Å². The fraction of sp³-hybridized carbons (Fsp3) is 0.727. The molecule has 17 heavy (non-hydrogen) atoms. The number of aromatic nitrogens is 1. The Kier molecular flexibility index (Phi) is 2.66. The Morgan fingerprint density at radius 3 is 2.47 bits per heavy atom. The summed E-state index contributed by atoms with van der Waals surface area (Å²) < 4.78 is 37.8. The zero-order valence-electron chi connectivity index (χ0n) is 9.18. The van der Waals surface area contributed by atoms with E-state index in [1.807, 2.05) is 0 Å². The first-order chi connectivity index (χ1) is 8.04. The molecule has 0 atom stereocenters. The molecule has 0 radical (unpaired) electrons. The molecule has 0 amide bonds. The van der Waals surface area contributed by atoms with E-state index in [4.69, 9.17) is 0 Å². The minimum absolute atomic E-state index is 0.276. The summed E-state index contributed by atoms with van der Waals surface area (Å²) in [6.07, 6.45) is -0.0472. The van der Waals surface area contributed by atoms with Crippen LogP contribution in [0.5, 0.6) is 0 Å². The Morgan fingerprint density at radius 1 is 1.24 bits per heavy atom. The van der Waals surface area contributed by atoms with Crippen molar-refractivity contribution < 1.29 is 13.2 Å². The summed E-state index contributed by atoms with van der Waals surface area (Å²) in [6.45, 7) is 0.546. The van der Waals surface area contributed by atoms with Crippen LogP contribution in [0.4, 0.5) is 13.2 Å². The Morgan fingerprint density at radius 2 is 1.94 bits per heavy atom. The Labute approximate surface area is 101 Å². The van der Waals surface area contributed by atoms with E-state index in [1.54, 1.807) is 0 Å². The van der Waals surface area contributed by atoms with Crippen LogP contribution in [0.1, 0.15) is 47.2 Å². The molecule has 0 aromatic carbocycles. The zero-order valence-corrected chi connectivity index (χ0v) is 10.00. The number of halogens is 3. The van der Waals surface area contributed by atoms with E-state index in [-0.39, 0.29) is 5.92 Å². The quantitative estimate of drug-likeness (QED) is 0.900. The Balaban J connectivity index is 1.80. The minimum atomic E-state index is -4.30. The van der Waals surface area contributed by atoms with Gasteiger partial charge in [0.15, 0.2) is 5.01 Å². The molecule has 2 nitrogen and oxygen atoms in total. The van der Waals surface area contributed by atoms with E-state index in [1.165, 1.54) is 0 Å². The van der Waals surface area contributed by atoms with Gasteiger partial charge in [-0.25, -0.2) is 4.98 Å². The highest BCUT2D eigenvalue weighted by atomic mass is 32.1. The molecule has 3 rings (SSSR count). The third-order valence-corrected chi connectivity index (χ3v) is 4.18. The number of nitrogens with one attached hydrogen (secondary N) is 1. The largest absolute Gasteiger partial charge is 0.443 e. The van der Waals surface area contributed by atoms with Gasteiger partial charge in [-0.2, -0.15) is 13.2 Å². The predicted octanol–water partition coefficient (Wildman–Crippen LogP) is 3.29. The van der Waals surface area contributed by atoms with Crippen LogP contribution in [0.2, 0.25) is 0 Å². The molecule has 1 aromatic heterocycles. The fourth-order valence-corrected chi connectivity index (χ4v) is 2.78. The molecule has 0 spiro atoms. The van der Waals surface area contributed by atoms with Crippen molar-refractivity contribution in [1.82, 2.24) is 10.3 Å². The SMILES string of the molecule is FC(F)(F)c1nc(C2CC2)c(CNC2CC2)s1.